The third-order valence-electron chi connectivity index (χ3n) is 4.78. The number of anilines is 1. The molecule has 0 radical (unpaired) electrons. The lowest BCUT2D eigenvalue weighted by Crippen LogP contribution is -2.26. The molecule has 0 saturated heterocycles. The number of aryl methyl sites for hydroxylation is 2. The van der Waals surface area contributed by atoms with Gasteiger partial charge in [0.25, 0.3) is 0 Å². The molecule has 3 aromatic rings. The van der Waals surface area contributed by atoms with E-state index < -0.39 is 9.84 Å². The predicted octanol–water partition coefficient (Wildman–Crippen LogP) is 3.65. The van der Waals surface area contributed by atoms with Crippen molar-refractivity contribution in [3.05, 3.63) is 65.2 Å². The molecule has 1 aliphatic rings. The van der Waals surface area contributed by atoms with Crippen molar-refractivity contribution in [1.82, 2.24) is 4.98 Å². The summed E-state index contributed by atoms with van der Waals surface area (Å²) in [6.45, 7) is 5.15. The molecule has 5 heteroatoms. The first kappa shape index (κ1) is 16.1. The minimum Gasteiger partial charge on any atom is -0.351 e. The third kappa shape index (κ3) is 2.89. The summed E-state index contributed by atoms with van der Waals surface area (Å²) in [5.41, 5.74) is 4.15. The number of hydrogen-bond acceptors (Lipinski definition) is 4. The number of rotatable bonds is 1. The van der Waals surface area contributed by atoms with E-state index in [1.165, 1.54) is 5.56 Å². The molecule has 0 saturated carbocycles. The monoisotopic (exact) mass is 352 g/mol. The van der Waals surface area contributed by atoms with Gasteiger partial charge in [-0.1, -0.05) is 29.8 Å². The molecule has 0 fully saturated rings. The Morgan fingerprint density at radius 3 is 2.68 bits per heavy atom. The summed E-state index contributed by atoms with van der Waals surface area (Å²) in [6.07, 6.45) is 0. The van der Waals surface area contributed by atoms with E-state index in [-0.39, 0.29) is 5.75 Å². The second-order valence-corrected chi connectivity index (χ2v) is 8.74. The lowest BCUT2D eigenvalue weighted by molar-refractivity contribution is 0.596. The second-order valence-electron chi connectivity index (χ2n) is 6.67. The molecule has 4 rings (SSSR count). The Labute approximate surface area is 148 Å². The fourth-order valence-electron chi connectivity index (χ4n) is 3.41. The van der Waals surface area contributed by atoms with E-state index in [1.54, 1.807) is 12.1 Å². The topological polar surface area (TPSA) is 50.3 Å². The molecule has 0 spiro atoms. The molecular weight excluding hydrogens is 332 g/mol. The van der Waals surface area contributed by atoms with E-state index >= 15 is 0 Å². The molecule has 1 aromatic heterocycles. The molecule has 0 N–H and O–H groups in total. The van der Waals surface area contributed by atoms with E-state index in [0.29, 0.717) is 18.0 Å². The molecule has 0 unspecified atom stereocenters. The van der Waals surface area contributed by atoms with Gasteiger partial charge in [-0.15, -0.1) is 0 Å². The zero-order valence-electron chi connectivity index (χ0n) is 14.4. The summed E-state index contributed by atoms with van der Waals surface area (Å²) >= 11 is 0. The van der Waals surface area contributed by atoms with Crippen molar-refractivity contribution in [2.75, 3.05) is 17.2 Å². The van der Waals surface area contributed by atoms with Crippen LogP contribution in [0.4, 0.5) is 5.82 Å². The molecular formula is C20H20N2O2S. The van der Waals surface area contributed by atoms with Gasteiger partial charge in [-0.05, 0) is 49.2 Å². The molecule has 0 bridgehead atoms. The normalized spacial score (nSPS) is 16.5. The van der Waals surface area contributed by atoms with Crippen LogP contribution in [0.25, 0.3) is 10.9 Å². The molecule has 25 heavy (non-hydrogen) atoms. The molecule has 0 amide bonds. The van der Waals surface area contributed by atoms with E-state index in [0.717, 1.165) is 27.8 Å². The van der Waals surface area contributed by atoms with E-state index in [1.807, 2.05) is 18.2 Å². The summed E-state index contributed by atoms with van der Waals surface area (Å²) in [4.78, 5) is 7.31. The van der Waals surface area contributed by atoms with Crippen LogP contribution in [0.1, 0.15) is 16.7 Å². The molecule has 2 heterocycles. The highest BCUT2D eigenvalue weighted by atomic mass is 32.2. The maximum absolute atomic E-state index is 12.5. The van der Waals surface area contributed by atoms with Gasteiger partial charge in [-0.25, -0.2) is 13.4 Å². The number of sulfone groups is 1. The molecule has 1 aliphatic heterocycles. The van der Waals surface area contributed by atoms with Gasteiger partial charge in [0.2, 0.25) is 0 Å². The second kappa shape index (κ2) is 5.85. The van der Waals surface area contributed by atoms with Crippen LogP contribution in [0.3, 0.4) is 0 Å². The summed E-state index contributed by atoms with van der Waals surface area (Å²) in [6, 6.07) is 15.6. The molecule has 0 aliphatic carbocycles. The Hall–Kier alpha value is -2.40. The summed E-state index contributed by atoms with van der Waals surface area (Å²) in [7, 11) is -3.25. The van der Waals surface area contributed by atoms with Gasteiger partial charge in [-0.2, -0.15) is 0 Å². The van der Waals surface area contributed by atoms with Crippen molar-refractivity contribution in [2.45, 2.75) is 25.3 Å². The van der Waals surface area contributed by atoms with Crippen molar-refractivity contribution in [2.24, 2.45) is 0 Å². The van der Waals surface area contributed by atoms with Crippen molar-refractivity contribution in [3.63, 3.8) is 0 Å². The zero-order valence-corrected chi connectivity index (χ0v) is 15.2. The number of aromatic nitrogens is 1. The van der Waals surface area contributed by atoms with Gasteiger partial charge in [0.05, 0.1) is 16.2 Å². The van der Waals surface area contributed by atoms with E-state index in [4.69, 9.17) is 4.98 Å². The van der Waals surface area contributed by atoms with E-state index in [2.05, 4.69) is 36.9 Å². The average molecular weight is 352 g/mol. The standard InChI is InChI=1S/C20H20N2O2S/c1-14-7-8-18-17(11-14)15(2)12-20(21-18)22-9-10-25(23,24)19-6-4-3-5-16(19)13-22/h3-8,11-12H,9-10,13H2,1-2H3. The summed E-state index contributed by atoms with van der Waals surface area (Å²) in [5, 5.41) is 1.14. The maximum atomic E-state index is 12.5. The molecule has 4 nitrogen and oxygen atoms in total. The van der Waals surface area contributed by atoms with Crippen LogP contribution in [0.5, 0.6) is 0 Å². The molecule has 2 aromatic carbocycles. The van der Waals surface area contributed by atoms with Gasteiger partial charge in [-0.3, -0.25) is 0 Å². The SMILES string of the molecule is Cc1ccc2nc(N3CCS(=O)(=O)c4ccccc4C3)cc(C)c2c1. The van der Waals surface area contributed by atoms with Crippen LogP contribution >= 0.6 is 0 Å². The maximum Gasteiger partial charge on any atom is 0.180 e. The van der Waals surface area contributed by atoms with Crippen LogP contribution in [0.15, 0.2) is 53.4 Å². The lowest BCUT2D eigenvalue weighted by Gasteiger charge is -2.22. The predicted molar refractivity (Wildman–Crippen MR) is 101 cm³/mol. The van der Waals surface area contributed by atoms with Crippen LogP contribution in [-0.4, -0.2) is 25.7 Å². The Morgan fingerprint density at radius 1 is 1.04 bits per heavy atom. The van der Waals surface area contributed by atoms with Crippen LogP contribution in [0.2, 0.25) is 0 Å². The van der Waals surface area contributed by atoms with Crippen molar-refractivity contribution in [3.8, 4) is 0 Å². The number of benzene rings is 2. The smallest absolute Gasteiger partial charge is 0.180 e. The number of pyridine rings is 1. The largest absolute Gasteiger partial charge is 0.351 e. The molecule has 128 valence electrons. The minimum absolute atomic E-state index is 0.108. The highest BCUT2D eigenvalue weighted by Crippen LogP contribution is 2.28. The first-order valence-electron chi connectivity index (χ1n) is 8.38. The Bertz CT molecular complexity index is 1070. The number of hydrogen-bond donors (Lipinski definition) is 0. The Morgan fingerprint density at radius 2 is 1.84 bits per heavy atom. The van der Waals surface area contributed by atoms with Crippen molar-refractivity contribution < 1.29 is 8.42 Å². The highest BCUT2D eigenvalue weighted by Gasteiger charge is 2.25. The fourth-order valence-corrected chi connectivity index (χ4v) is 4.91. The Kier molecular flexibility index (Phi) is 3.76. The first-order chi connectivity index (χ1) is 11.9. The average Bonchev–Trinajstić information content (AvgIpc) is 2.72. The zero-order chi connectivity index (χ0) is 17.6. The van der Waals surface area contributed by atoms with Gasteiger partial charge < -0.3 is 4.90 Å². The van der Waals surface area contributed by atoms with Gasteiger partial charge in [0.1, 0.15) is 5.82 Å². The summed E-state index contributed by atoms with van der Waals surface area (Å²) < 4.78 is 25.1. The highest BCUT2D eigenvalue weighted by molar-refractivity contribution is 7.91. The van der Waals surface area contributed by atoms with Gasteiger partial charge in [0.15, 0.2) is 9.84 Å². The van der Waals surface area contributed by atoms with Crippen LogP contribution < -0.4 is 4.90 Å². The molecule has 0 atom stereocenters. The van der Waals surface area contributed by atoms with Crippen molar-refractivity contribution in [1.29, 1.82) is 0 Å². The quantitative estimate of drug-likeness (QED) is 0.671. The third-order valence-corrected chi connectivity index (χ3v) is 6.57. The van der Waals surface area contributed by atoms with Gasteiger partial charge in [0, 0.05) is 18.5 Å². The van der Waals surface area contributed by atoms with Crippen LogP contribution in [0, 0.1) is 13.8 Å². The number of nitrogens with zero attached hydrogens (tertiary/aromatic N) is 2. The summed E-state index contributed by atoms with van der Waals surface area (Å²) in [5.74, 6) is 0.942. The Balaban J connectivity index is 1.81. The minimum atomic E-state index is -3.25. The van der Waals surface area contributed by atoms with Gasteiger partial charge >= 0.3 is 0 Å². The van der Waals surface area contributed by atoms with Crippen LogP contribution in [-0.2, 0) is 16.4 Å². The fraction of sp³-hybridized carbons (Fsp3) is 0.250. The first-order valence-corrected chi connectivity index (χ1v) is 10.0. The number of fused-ring (bicyclic) bond motifs is 2. The van der Waals surface area contributed by atoms with Crippen molar-refractivity contribution >= 4 is 26.6 Å². The van der Waals surface area contributed by atoms with E-state index in [9.17, 15) is 8.42 Å². The lowest BCUT2D eigenvalue weighted by atomic mass is 10.1.